The molecule has 3 nitrogen and oxygen atoms in total. The summed E-state index contributed by atoms with van der Waals surface area (Å²) >= 11 is 0. The van der Waals surface area contributed by atoms with Gasteiger partial charge in [-0.15, -0.1) is 0 Å². The molecule has 0 bridgehead atoms. The third-order valence-corrected chi connectivity index (χ3v) is 5.97. The summed E-state index contributed by atoms with van der Waals surface area (Å²) in [5, 5.41) is 1.00. The molecule has 29 heavy (non-hydrogen) atoms. The van der Waals surface area contributed by atoms with Crippen LogP contribution >= 0.6 is 0 Å². The molecule has 0 aliphatic heterocycles. The number of H-pyrrole nitrogens is 1. The Morgan fingerprint density at radius 3 is 2.62 bits per heavy atom. The van der Waals surface area contributed by atoms with Gasteiger partial charge in [-0.3, -0.25) is 4.79 Å². The second-order valence-electron chi connectivity index (χ2n) is 7.69. The summed E-state index contributed by atoms with van der Waals surface area (Å²) in [6.07, 6.45) is 4.80. The van der Waals surface area contributed by atoms with E-state index in [2.05, 4.69) is 17.1 Å². The fourth-order valence-electron chi connectivity index (χ4n) is 4.53. The molecule has 1 aliphatic carbocycles. The summed E-state index contributed by atoms with van der Waals surface area (Å²) < 4.78 is 29.8. The molecule has 1 aliphatic rings. The molecule has 4 aromatic rings. The van der Waals surface area contributed by atoms with Gasteiger partial charge in [0.2, 0.25) is 0 Å². The SMILES string of the molecule is Cc1c(-c2ccc[nH]c2=O)c2cc3c(cc2n1Cc1ccc(F)cc1F)CCC3. The smallest absolute Gasteiger partial charge is 0.255 e. The Morgan fingerprint density at radius 1 is 1.07 bits per heavy atom. The average molecular weight is 390 g/mol. The first kappa shape index (κ1) is 17.9. The van der Waals surface area contributed by atoms with Gasteiger partial charge in [-0.25, -0.2) is 8.78 Å². The molecular weight excluding hydrogens is 370 g/mol. The van der Waals surface area contributed by atoms with Crippen LogP contribution in [0, 0.1) is 18.6 Å². The quantitative estimate of drug-likeness (QED) is 0.518. The summed E-state index contributed by atoms with van der Waals surface area (Å²) in [6.45, 7) is 2.23. The molecule has 0 atom stereocenters. The first-order chi connectivity index (χ1) is 14.0. The van der Waals surface area contributed by atoms with Crippen LogP contribution in [0.15, 0.2) is 53.5 Å². The van der Waals surface area contributed by atoms with Crippen LogP contribution in [0.1, 0.15) is 28.8 Å². The molecule has 5 heteroatoms. The van der Waals surface area contributed by atoms with Crippen LogP contribution in [-0.4, -0.2) is 9.55 Å². The number of aromatic amines is 1. The fourth-order valence-corrected chi connectivity index (χ4v) is 4.53. The topological polar surface area (TPSA) is 37.8 Å². The molecule has 2 aromatic carbocycles. The molecule has 0 radical (unpaired) electrons. The molecule has 0 unspecified atom stereocenters. The van der Waals surface area contributed by atoms with Gasteiger partial charge >= 0.3 is 0 Å². The minimum Gasteiger partial charge on any atom is -0.340 e. The summed E-state index contributed by atoms with van der Waals surface area (Å²) in [7, 11) is 0. The van der Waals surface area contributed by atoms with Crippen molar-refractivity contribution >= 4 is 10.9 Å². The Kier molecular flexibility index (Phi) is 4.12. The zero-order valence-electron chi connectivity index (χ0n) is 16.1. The van der Waals surface area contributed by atoms with E-state index in [0.717, 1.165) is 47.5 Å². The van der Waals surface area contributed by atoms with Crippen molar-refractivity contribution in [2.24, 2.45) is 0 Å². The van der Waals surface area contributed by atoms with Crippen molar-refractivity contribution in [3.63, 3.8) is 0 Å². The lowest BCUT2D eigenvalue weighted by Crippen LogP contribution is -2.08. The van der Waals surface area contributed by atoms with Crippen LogP contribution in [0.5, 0.6) is 0 Å². The maximum atomic E-state index is 14.4. The van der Waals surface area contributed by atoms with E-state index in [4.69, 9.17) is 0 Å². The molecular formula is C24H20F2N2O. The second-order valence-corrected chi connectivity index (χ2v) is 7.69. The number of benzene rings is 2. The van der Waals surface area contributed by atoms with Crippen molar-refractivity contribution in [2.45, 2.75) is 32.7 Å². The highest BCUT2D eigenvalue weighted by molar-refractivity contribution is 5.99. The first-order valence-electron chi connectivity index (χ1n) is 9.79. The lowest BCUT2D eigenvalue weighted by atomic mass is 10.0. The highest BCUT2D eigenvalue weighted by atomic mass is 19.1. The number of rotatable bonds is 3. The lowest BCUT2D eigenvalue weighted by Gasteiger charge is -2.11. The van der Waals surface area contributed by atoms with E-state index < -0.39 is 11.6 Å². The van der Waals surface area contributed by atoms with Crippen LogP contribution in [0.4, 0.5) is 8.78 Å². The van der Waals surface area contributed by atoms with Crippen LogP contribution in [0.25, 0.3) is 22.0 Å². The lowest BCUT2D eigenvalue weighted by molar-refractivity contribution is 0.567. The Hall–Kier alpha value is -3.21. The third-order valence-electron chi connectivity index (χ3n) is 5.97. The Balaban J connectivity index is 1.78. The van der Waals surface area contributed by atoms with Gasteiger partial charge in [0.25, 0.3) is 5.56 Å². The number of fused-ring (bicyclic) bond motifs is 2. The minimum atomic E-state index is -0.588. The van der Waals surface area contributed by atoms with Gasteiger partial charge in [-0.2, -0.15) is 0 Å². The highest BCUT2D eigenvalue weighted by Gasteiger charge is 2.22. The first-order valence-corrected chi connectivity index (χ1v) is 9.79. The number of pyridine rings is 1. The van der Waals surface area contributed by atoms with Gasteiger partial charge in [-0.05, 0) is 67.6 Å². The number of nitrogens with zero attached hydrogens (tertiary/aromatic N) is 1. The van der Waals surface area contributed by atoms with Crippen molar-refractivity contribution in [2.75, 3.05) is 0 Å². The maximum absolute atomic E-state index is 14.4. The standard InChI is InChI=1S/C24H20F2N2O/c1-14-23(19-6-3-9-27-24(19)29)20-10-15-4-2-5-16(15)11-22(20)28(14)13-17-7-8-18(25)12-21(17)26/h3,6-12H,2,4-5,13H2,1H3,(H,27,29). The van der Waals surface area contributed by atoms with Crippen molar-refractivity contribution in [1.82, 2.24) is 9.55 Å². The Bertz CT molecular complexity index is 1320. The summed E-state index contributed by atoms with van der Waals surface area (Å²) in [5.74, 6) is -1.15. The number of halogens is 2. The van der Waals surface area contributed by atoms with Crippen molar-refractivity contribution < 1.29 is 8.78 Å². The van der Waals surface area contributed by atoms with E-state index in [9.17, 15) is 13.6 Å². The van der Waals surface area contributed by atoms with Gasteiger partial charge in [0, 0.05) is 45.6 Å². The predicted octanol–water partition coefficient (Wildman–Crippen LogP) is 5.12. The highest BCUT2D eigenvalue weighted by Crippen LogP contribution is 2.37. The van der Waals surface area contributed by atoms with E-state index in [1.54, 1.807) is 6.20 Å². The summed E-state index contributed by atoms with van der Waals surface area (Å²) in [4.78, 5) is 15.3. The molecule has 0 saturated heterocycles. The van der Waals surface area contributed by atoms with E-state index >= 15 is 0 Å². The Morgan fingerprint density at radius 2 is 1.86 bits per heavy atom. The maximum Gasteiger partial charge on any atom is 0.255 e. The predicted molar refractivity (Wildman–Crippen MR) is 110 cm³/mol. The van der Waals surface area contributed by atoms with Crippen molar-refractivity contribution in [3.05, 3.63) is 93.0 Å². The van der Waals surface area contributed by atoms with Crippen LogP contribution in [0.3, 0.4) is 0 Å². The zero-order valence-corrected chi connectivity index (χ0v) is 16.1. The molecule has 146 valence electrons. The van der Waals surface area contributed by atoms with E-state index in [1.165, 1.54) is 23.3 Å². The van der Waals surface area contributed by atoms with Crippen LogP contribution in [-0.2, 0) is 19.4 Å². The Labute approximate surface area is 166 Å². The van der Waals surface area contributed by atoms with Gasteiger partial charge in [0.1, 0.15) is 11.6 Å². The minimum absolute atomic E-state index is 0.150. The molecule has 1 N–H and O–H groups in total. The van der Waals surface area contributed by atoms with Crippen LogP contribution < -0.4 is 5.56 Å². The largest absolute Gasteiger partial charge is 0.340 e. The second kappa shape index (κ2) is 6.69. The van der Waals surface area contributed by atoms with Gasteiger partial charge in [-0.1, -0.05) is 6.07 Å². The zero-order chi connectivity index (χ0) is 20.1. The summed E-state index contributed by atoms with van der Waals surface area (Å²) in [5.41, 5.74) is 6.24. The van der Waals surface area contributed by atoms with Crippen molar-refractivity contribution in [1.29, 1.82) is 0 Å². The number of aromatic nitrogens is 2. The molecule has 0 saturated carbocycles. The molecule has 2 aromatic heterocycles. The van der Waals surface area contributed by atoms with E-state index in [0.29, 0.717) is 11.1 Å². The molecule has 0 spiro atoms. The molecule has 2 heterocycles. The monoisotopic (exact) mass is 390 g/mol. The fraction of sp³-hybridized carbons (Fsp3) is 0.208. The number of hydrogen-bond donors (Lipinski definition) is 1. The summed E-state index contributed by atoms with van der Waals surface area (Å²) in [6, 6.07) is 11.7. The molecule has 0 fully saturated rings. The third kappa shape index (κ3) is 2.89. The van der Waals surface area contributed by atoms with Crippen LogP contribution in [0.2, 0.25) is 0 Å². The number of aryl methyl sites for hydroxylation is 2. The van der Waals surface area contributed by atoms with E-state index in [-0.39, 0.29) is 12.1 Å². The number of hydrogen-bond acceptors (Lipinski definition) is 1. The van der Waals surface area contributed by atoms with Gasteiger partial charge in [0.05, 0.1) is 6.54 Å². The molecule has 0 amide bonds. The molecule has 5 rings (SSSR count). The van der Waals surface area contributed by atoms with Gasteiger partial charge in [0.15, 0.2) is 0 Å². The number of nitrogens with one attached hydrogen (secondary N) is 1. The van der Waals surface area contributed by atoms with Gasteiger partial charge < -0.3 is 9.55 Å². The average Bonchev–Trinajstić information content (AvgIpc) is 3.25. The van der Waals surface area contributed by atoms with E-state index in [1.807, 2.05) is 23.6 Å². The van der Waals surface area contributed by atoms with Crippen molar-refractivity contribution in [3.8, 4) is 11.1 Å². The normalized spacial score (nSPS) is 13.2.